The number of aliphatic carboxylic acids is 1. The molecular formula is C24H36O8. The molecule has 0 radical (unpaired) electrons. The lowest BCUT2D eigenvalue weighted by Crippen LogP contribution is -2.41. The Morgan fingerprint density at radius 1 is 1.00 bits per heavy atom. The summed E-state index contributed by atoms with van der Waals surface area (Å²) in [5, 5.41) is 8.44. The quantitative estimate of drug-likeness (QED) is 0.285. The highest BCUT2D eigenvalue weighted by molar-refractivity contribution is 5.67. The van der Waals surface area contributed by atoms with E-state index in [9.17, 15) is 4.79 Å². The Balaban J connectivity index is 1.52. The van der Waals surface area contributed by atoms with E-state index < -0.39 is 11.6 Å². The fourth-order valence-electron chi connectivity index (χ4n) is 3.57. The van der Waals surface area contributed by atoms with E-state index in [2.05, 4.69) is 6.58 Å². The maximum Gasteiger partial charge on any atom is 0.329 e. The molecule has 0 atom stereocenters. The number of carboxylic acids is 1. The van der Waals surface area contributed by atoms with Gasteiger partial charge in [0.25, 0.3) is 0 Å². The molecule has 2 rings (SSSR count). The Morgan fingerprint density at radius 3 is 2.19 bits per heavy atom. The van der Waals surface area contributed by atoms with Crippen molar-refractivity contribution in [2.75, 3.05) is 53.4 Å². The standard InChI is InChI=1S/C24H36O8/c1-20(32-18-21-6-4-3-5-7-21)24(27-2)10-8-22(9-11-24)31-17-16-29-13-12-28-14-15-30-19-23(25)26/h3-7,22H,1,8-19H2,2H3,(H,25,26). The summed E-state index contributed by atoms with van der Waals surface area (Å²) in [5.41, 5.74) is 0.644. The normalized spacial score (nSPS) is 20.7. The van der Waals surface area contributed by atoms with Gasteiger partial charge in [-0.1, -0.05) is 36.9 Å². The van der Waals surface area contributed by atoms with E-state index in [1.54, 1.807) is 7.11 Å². The van der Waals surface area contributed by atoms with Crippen LogP contribution < -0.4 is 0 Å². The van der Waals surface area contributed by atoms with Crippen molar-refractivity contribution in [1.29, 1.82) is 0 Å². The summed E-state index contributed by atoms with van der Waals surface area (Å²) in [6, 6.07) is 10.0. The second kappa shape index (κ2) is 15.0. The summed E-state index contributed by atoms with van der Waals surface area (Å²) in [7, 11) is 1.71. The number of rotatable bonds is 17. The number of hydrogen-bond donors (Lipinski definition) is 1. The first kappa shape index (κ1) is 26.3. The third-order valence-electron chi connectivity index (χ3n) is 5.45. The summed E-state index contributed by atoms with van der Waals surface area (Å²) in [6.45, 7) is 6.83. The van der Waals surface area contributed by atoms with Gasteiger partial charge in [-0.25, -0.2) is 4.79 Å². The monoisotopic (exact) mass is 452 g/mol. The molecule has 8 nitrogen and oxygen atoms in total. The number of ether oxygens (including phenoxy) is 6. The van der Waals surface area contributed by atoms with Crippen LogP contribution in [0.3, 0.4) is 0 Å². The fourth-order valence-corrected chi connectivity index (χ4v) is 3.57. The van der Waals surface area contributed by atoms with Crippen LogP contribution in [0.1, 0.15) is 31.2 Å². The Morgan fingerprint density at radius 2 is 1.59 bits per heavy atom. The lowest BCUT2D eigenvalue weighted by Gasteiger charge is -2.39. The van der Waals surface area contributed by atoms with Gasteiger partial charge in [0.15, 0.2) is 0 Å². The maximum atomic E-state index is 10.3. The molecule has 32 heavy (non-hydrogen) atoms. The van der Waals surface area contributed by atoms with Gasteiger partial charge in [-0.3, -0.25) is 0 Å². The lowest BCUT2D eigenvalue weighted by molar-refractivity contribution is -0.142. The molecule has 0 bridgehead atoms. The molecule has 180 valence electrons. The number of carbonyl (C=O) groups is 1. The average Bonchev–Trinajstić information content (AvgIpc) is 2.82. The van der Waals surface area contributed by atoms with Crippen molar-refractivity contribution in [3.05, 3.63) is 48.2 Å². The molecule has 0 spiro atoms. The van der Waals surface area contributed by atoms with E-state index in [1.807, 2.05) is 30.3 Å². The molecular weight excluding hydrogens is 416 g/mol. The predicted molar refractivity (Wildman–Crippen MR) is 118 cm³/mol. The number of carboxylic acid groups (broad SMARTS) is 1. The average molecular weight is 453 g/mol. The highest BCUT2D eigenvalue weighted by Gasteiger charge is 2.39. The highest BCUT2D eigenvalue weighted by Crippen LogP contribution is 2.38. The van der Waals surface area contributed by atoms with Crippen LogP contribution in [0.5, 0.6) is 0 Å². The van der Waals surface area contributed by atoms with Crippen molar-refractivity contribution in [2.45, 2.75) is 44.0 Å². The van der Waals surface area contributed by atoms with Gasteiger partial charge >= 0.3 is 5.97 Å². The van der Waals surface area contributed by atoms with Crippen LogP contribution in [0.25, 0.3) is 0 Å². The van der Waals surface area contributed by atoms with E-state index in [4.69, 9.17) is 33.5 Å². The largest absolute Gasteiger partial charge is 0.491 e. The third kappa shape index (κ3) is 9.67. The summed E-state index contributed by atoms with van der Waals surface area (Å²) < 4.78 is 33.4. The van der Waals surface area contributed by atoms with E-state index in [0.29, 0.717) is 45.4 Å². The van der Waals surface area contributed by atoms with Crippen molar-refractivity contribution in [3.63, 3.8) is 0 Å². The van der Waals surface area contributed by atoms with Crippen molar-refractivity contribution in [2.24, 2.45) is 0 Å². The van der Waals surface area contributed by atoms with Gasteiger partial charge in [0.2, 0.25) is 0 Å². The Hall–Kier alpha value is -1.97. The van der Waals surface area contributed by atoms with Gasteiger partial charge in [-0.15, -0.1) is 0 Å². The molecule has 1 aromatic rings. The second-order valence-corrected chi connectivity index (χ2v) is 7.64. The van der Waals surface area contributed by atoms with Crippen LogP contribution in [0, 0.1) is 0 Å². The summed E-state index contributed by atoms with van der Waals surface area (Å²) in [6.07, 6.45) is 3.54. The molecule has 1 aliphatic carbocycles. The first-order valence-electron chi connectivity index (χ1n) is 11.0. The Bertz CT molecular complexity index is 655. The van der Waals surface area contributed by atoms with E-state index in [1.165, 1.54) is 0 Å². The minimum atomic E-state index is -0.986. The minimum Gasteiger partial charge on any atom is -0.491 e. The zero-order chi connectivity index (χ0) is 23.1. The molecule has 1 N–H and O–H groups in total. The molecule has 0 aliphatic heterocycles. The van der Waals surface area contributed by atoms with Crippen LogP contribution in [-0.2, 0) is 39.8 Å². The Labute approximate surface area is 190 Å². The van der Waals surface area contributed by atoms with Crippen molar-refractivity contribution in [3.8, 4) is 0 Å². The van der Waals surface area contributed by atoms with Gasteiger partial charge in [0.1, 0.15) is 24.6 Å². The van der Waals surface area contributed by atoms with Crippen LogP contribution in [0.2, 0.25) is 0 Å². The second-order valence-electron chi connectivity index (χ2n) is 7.64. The van der Waals surface area contributed by atoms with Gasteiger partial charge in [0.05, 0.1) is 45.7 Å². The molecule has 0 heterocycles. The van der Waals surface area contributed by atoms with Crippen molar-refractivity contribution < 1.29 is 38.3 Å². The molecule has 0 aromatic heterocycles. The molecule has 1 saturated carbocycles. The van der Waals surface area contributed by atoms with Crippen LogP contribution >= 0.6 is 0 Å². The van der Waals surface area contributed by atoms with Crippen LogP contribution in [0.4, 0.5) is 0 Å². The van der Waals surface area contributed by atoms with E-state index in [0.717, 1.165) is 31.2 Å². The van der Waals surface area contributed by atoms with Gasteiger partial charge < -0.3 is 33.5 Å². The van der Waals surface area contributed by atoms with Crippen LogP contribution in [-0.4, -0.2) is 76.1 Å². The highest BCUT2D eigenvalue weighted by atomic mass is 16.6. The van der Waals surface area contributed by atoms with Crippen molar-refractivity contribution >= 4 is 5.97 Å². The fraction of sp³-hybridized carbons (Fsp3) is 0.625. The first-order chi connectivity index (χ1) is 15.6. The smallest absolute Gasteiger partial charge is 0.329 e. The van der Waals surface area contributed by atoms with Gasteiger partial charge in [-0.2, -0.15) is 0 Å². The predicted octanol–water partition coefficient (Wildman–Crippen LogP) is 3.20. The molecule has 1 aromatic carbocycles. The molecule has 8 heteroatoms. The summed E-state index contributed by atoms with van der Waals surface area (Å²) in [4.78, 5) is 10.3. The summed E-state index contributed by atoms with van der Waals surface area (Å²) in [5.74, 6) is -0.306. The molecule has 1 aliphatic rings. The molecule has 0 unspecified atom stereocenters. The lowest BCUT2D eigenvalue weighted by atomic mass is 9.82. The topological polar surface area (TPSA) is 92.7 Å². The third-order valence-corrected chi connectivity index (χ3v) is 5.45. The van der Waals surface area contributed by atoms with E-state index in [-0.39, 0.29) is 19.3 Å². The number of benzene rings is 1. The molecule has 0 amide bonds. The Kier molecular flexibility index (Phi) is 12.3. The molecule has 0 saturated heterocycles. The SMILES string of the molecule is C=C(OCc1ccccc1)C1(OC)CCC(OCCOCCOCCOCC(=O)O)CC1. The van der Waals surface area contributed by atoms with Crippen LogP contribution in [0.15, 0.2) is 42.7 Å². The number of hydrogen-bond acceptors (Lipinski definition) is 7. The zero-order valence-corrected chi connectivity index (χ0v) is 19.0. The van der Waals surface area contributed by atoms with Crippen molar-refractivity contribution in [1.82, 2.24) is 0 Å². The number of methoxy groups -OCH3 is 1. The summed E-state index contributed by atoms with van der Waals surface area (Å²) >= 11 is 0. The minimum absolute atomic E-state index is 0.173. The maximum absolute atomic E-state index is 10.3. The van der Waals surface area contributed by atoms with Gasteiger partial charge in [-0.05, 0) is 31.2 Å². The first-order valence-corrected chi connectivity index (χ1v) is 11.0. The van der Waals surface area contributed by atoms with E-state index >= 15 is 0 Å². The zero-order valence-electron chi connectivity index (χ0n) is 19.0. The van der Waals surface area contributed by atoms with Gasteiger partial charge in [0, 0.05) is 7.11 Å². The molecule has 1 fully saturated rings.